The van der Waals surface area contributed by atoms with Crippen molar-refractivity contribution in [3.8, 4) is 22.8 Å². The summed E-state index contributed by atoms with van der Waals surface area (Å²) < 4.78 is 11.1. The molecule has 0 spiro atoms. The molecule has 1 saturated heterocycles. The van der Waals surface area contributed by atoms with Crippen LogP contribution >= 0.6 is 0 Å². The highest BCUT2D eigenvalue weighted by atomic mass is 16.3. The number of hydrogen-bond donors (Lipinski definition) is 1. The minimum atomic E-state index is 0.616. The average molecular weight is 352 g/mol. The third kappa shape index (κ3) is 3.96. The van der Waals surface area contributed by atoms with Gasteiger partial charge in [0.25, 0.3) is 0 Å². The molecule has 1 aliphatic heterocycles. The predicted molar refractivity (Wildman–Crippen MR) is 101 cm³/mol. The van der Waals surface area contributed by atoms with Crippen LogP contribution in [0.25, 0.3) is 22.8 Å². The average Bonchev–Trinajstić information content (AvgIpc) is 3.40. The van der Waals surface area contributed by atoms with E-state index in [1.165, 1.54) is 32.4 Å². The van der Waals surface area contributed by atoms with E-state index in [-0.39, 0.29) is 0 Å². The van der Waals surface area contributed by atoms with E-state index in [1.807, 2.05) is 24.3 Å². The number of anilines is 1. The van der Waals surface area contributed by atoms with E-state index in [0.29, 0.717) is 11.7 Å². The Kier molecular flexibility index (Phi) is 5.30. The van der Waals surface area contributed by atoms with E-state index in [1.54, 1.807) is 18.7 Å². The van der Waals surface area contributed by atoms with E-state index in [2.05, 4.69) is 20.2 Å². The second-order valence-electron chi connectivity index (χ2n) is 6.59. The molecule has 1 aliphatic rings. The Morgan fingerprint density at radius 1 is 1.00 bits per heavy atom. The SMILES string of the molecule is c1coc(-c2cnc(NCCCN3CCCCC3)nc2-c2ccco2)c1. The van der Waals surface area contributed by atoms with Gasteiger partial charge in [0.15, 0.2) is 5.76 Å². The largest absolute Gasteiger partial charge is 0.464 e. The molecule has 0 atom stereocenters. The van der Waals surface area contributed by atoms with Crippen LogP contribution in [0.2, 0.25) is 0 Å². The molecule has 6 heteroatoms. The lowest BCUT2D eigenvalue weighted by atomic mass is 10.1. The Morgan fingerprint density at radius 3 is 2.50 bits per heavy atom. The van der Waals surface area contributed by atoms with Gasteiger partial charge in [-0.1, -0.05) is 6.42 Å². The van der Waals surface area contributed by atoms with Gasteiger partial charge in [-0.05, 0) is 63.2 Å². The smallest absolute Gasteiger partial charge is 0.223 e. The van der Waals surface area contributed by atoms with Crippen LogP contribution in [0, 0.1) is 0 Å². The van der Waals surface area contributed by atoms with Crippen molar-refractivity contribution in [1.82, 2.24) is 14.9 Å². The maximum Gasteiger partial charge on any atom is 0.223 e. The summed E-state index contributed by atoms with van der Waals surface area (Å²) in [5, 5.41) is 3.34. The van der Waals surface area contributed by atoms with Gasteiger partial charge in [-0.3, -0.25) is 0 Å². The quantitative estimate of drug-likeness (QED) is 0.640. The minimum absolute atomic E-state index is 0.616. The van der Waals surface area contributed by atoms with E-state index in [0.717, 1.165) is 36.5 Å². The molecular formula is C20H24N4O2. The van der Waals surface area contributed by atoms with Crippen LogP contribution in [0.4, 0.5) is 5.95 Å². The van der Waals surface area contributed by atoms with Crippen molar-refractivity contribution in [3.63, 3.8) is 0 Å². The van der Waals surface area contributed by atoms with Gasteiger partial charge in [0.2, 0.25) is 5.95 Å². The fourth-order valence-corrected chi connectivity index (χ4v) is 3.37. The Labute approximate surface area is 153 Å². The van der Waals surface area contributed by atoms with Crippen LogP contribution in [0.3, 0.4) is 0 Å². The maximum absolute atomic E-state index is 5.55. The Bertz CT molecular complexity index is 793. The zero-order valence-electron chi connectivity index (χ0n) is 14.9. The van der Waals surface area contributed by atoms with Gasteiger partial charge >= 0.3 is 0 Å². The van der Waals surface area contributed by atoms with Gasteiger partial charge < -0.3 is 19.1 Å². The van der Waals surface area contributed by atoms with Crippen molar-refractivity contribution in [1.29, 1.82) is 0 Å². The van der Waals surface area contributed by atoms with Crippen LogP contribution in [0.15, 0.2) is 51.8 Å². The first-order valence-corrected chi connectivity index (χ1v) is 9.31. The summed E-state index contributed by atoms with van der Waals surface area (Å²) in [4.78, 5) is 11.7. The molecule has 1 fully saturated rings. The molecule has 136 valence electrons. The number of furan rings is 2. The Balaban J connectivity index is 1.43. The molecule has 1 N–H and O–H groups in total. The van der Waals surface area contributed by atoms with E-state index in [4.69, 9.17) is 8.83 Å². The predicted octanol–water partition coefficient (Wildman–Crippen LogP) is 4.28. The number of likely N-dealkylation sites (tertiary alicyclic amines) is 1. The molecule has 0 amide bonds. The molecule has 3 aromatic rings. The zero-order chi connectivity index (χ0) is 17.6. The summed E-state index contributed by atoms with van der Waals surface area (Å²) in [6.45, 7) is 4.45. The van der Waals surface area contributed by atoms with Crippen molar-refractivity contribution in [3.05, 3.63) is 43.0 Å². The second-order valence-corrected chi connectivity index (χ2v) is 6.59. The highest BCUT2D eigenvalue weighted by Crippen LogP contribution is 2.31. The van der Waals surface area contributed by atoms with Crippen LogP contribution in [-0.2, 0) is 0 Å². The van der Waals surface area contributed by atoms with Crippen LogP contribution in [0.5, 0.6) is 0 Å². The standard InChI is InChI=1S/C20H24N4O2/c1-2-10-24(11-3-1)12-6-9-21-20-22-15-16(17-7-4-13-25-17)19(23-20)18-8-5-14-26-18/h4-5,7-8,13-15H,1-3,6,9-12H2,(H,21,22,23). The van der Waals surface area contributed by atoms with Gasteiger partial charge in [0.1, 0.15) is 11.5 Å². The van der Waals surface area contributed by atoms with Crippen LogP contribution in [-0.4, -0.2) is 41.0 Å². The summed E-state index contributed by atoms with van der Waals surface area (Å²) in [7, 11) is 0. The van der Waals surface area contributed by atoms with Crippen molar-refractivity contribution in [2.24, 2.45) is 0 Å². The highest BCUT2D eigenvalue weighted by Gasteiger charge is 2.15. The number of nitrogens with zero attached hydrogens (tertiary/aromatic N) is 3. The third-order valence-electron chi connectivity index (χ3n) is 4.71. The molecule has 0 aromatic carbocycles. The minimum Gasteiger partial charge on any atom is -0.464 e. The summed E-state index contributed by atoms with van der Waals surface area (Å²) in [5.41, 5.74) is 1.56. The summed E-state index contributed by atoms with van der Waals surface area (Å²) in [6, 6.07) is 7.51. The molecule has 4 rings (SSSR count). The first-order chi connectivity index (χ1) is 12.9. The fraction of sp³-hybridized carbons (Fsp3) is 0.400. The van der Waals surface area contributed by atoms with Gasteiger partial charge in [-0.25, -0.2) is 9.97 Å². The number of piperidine rings is 1. The Hall–Kier alpha value is -2.60. The van der Waals surface area contributed by atoms with Crippen molar-refractivity contribution >= 4 is 5.95 Å². The lowest BCUT2D eigenvalue weighted by Crippen LogP contribution is -2.31. The van der Waals surface area contributed by atoms with E-state index < -0.39 is 0 Å². The lowest BCUT2D eigenvalue weighted by Gasteiger charge is -2.26. The lowest BCUT2D eigenvalue weighted by molar-refractivity contribution is 0.228. The number of hydrogen-bond acceptors (Lipinski definition) is 6. The van der Waals surface area contributed by atoms with Gasteiger partial charge in [-0.2, -0.15) is 0 Å². The van der Waals surface area contributed by atoms with Crippen molar-refractivity contribution in [2.75, 3.05) is 31.5 Å². The molecule has 0 bridgehead atoms. The molecular weight excluding hydrogens is 328 g/mol. The second kappa shape index (κ2) is 8.19. The van der Waals surface area contributed by atoms with Gasteiger partial charge in [-0.15, -0.1) is 0 Å². The molecule has 0 aliphatic carbocycles. The molecule has 0 unspecified atom stereocenters. The van der Waals surface area contributed by atoms with Gasteiger partial charge in [0, 0.05) is 12.7 Å². The molecule has 0 radical (unpaired) electrons. The Morgan fingerprint density at radius 2 is 1.77 bits per heavy atom. The zero-order valence-corrected chi connectivity index (χ0v) is 14.9. The van der Waals surface area contributed by atoms with Gasteiger partial charge in [0.05, 0.1) is 18.1 Å². The summed E-state index contributed by atoms with van der Waals surface area (Å²) in [6.07, 6.45) is 10.2. The van der Waals surface area contributed by atoms with Crippen LogP contribution in [0.1, 0.15) is 25.7 Å². The summed E-state index contributed by atoms with van der Waals surface area (Å²) in [5.74, 6) is 2.05. The van der Waals surface area contributed by atoms with Crippen molar-refractivity contribution < 1.29 is 8.83 Å². The van der Waals surface area contributed by atoms with Crippen LogP contribution < -0.4 is 5.32 Å². The first kappa shape index (κ1) is 16.8. The number of rotatable bonds is 7. The maximum atomic E-state index is 5.55. The van der Waals surface area contributed by atoms with E-state index in [9.17, 15) is 0 Å². The topological polar surface area (TPSA) is 67.3 Å². The molecule has 3 aromatic heterocycles. The number of nitrogens with one attached hydrogen (secondary N) is 1. The highest BCUT2D eigenvalue weighted by molar-refractivity contribution is 5.75. The monoisotopic (exact) mass is 352 g/mol. The van der Waals surface area contributed by atoms with Crippen molar-refractivity contribution in [2.45, 2.75) is 25.7 Å². The third-order valence-corrected chi connectivity index (χ3v) is 4.71. The normalized spacial score (nSPS) is 15.2. The molecule has 26 heavy (non-hydrogen) atoms. The first-order valence-electron chi connectivity index (χ1n) is 9.31. The number of aromatic nitrogens is 2. The fourth-order valence-electron chi connectivity index (χ4n) is 3.37. The molecule has 4 heterocycles. The van der Waals surface area contributed by atoms with E-state index >= 15 is 0 Å². The summed E-state index contributed by atoms with van der Waals surface area (Å²) >= 11 is 0. The molecule has 0 saturated carbocycles. The molecule has 6 nitrogen and oxygen atoms in total.